The van der Waals surface area contributed by atoms with Crippen molar-refractivity contribution in [1.82, 2.24) is 0 Å². The molecule has 0 aliphatic rings. The maximum atomic E-state index is 11.2. The van der Waals surface area contributed by atoms with Gasteiger partial charge < -0.3 is 43.9 Å². The predicted octanol–water partition coefficient (Wildman–Crippen LogP) is -1.12. The van der Waals surface area contributed by atoms with Gasteiger partial charge in [-0.25, -0.2) is 14.4 Å². The fourth-order valence-corrected chi connectivity index (χ4v) is 3.07. The van der Waals surface area contributed by atoms with Crippen LogP contribution < -0.4 is 15.3 Å². The molecule has 0 aromatic heterocycles. The van der Waals surface area contributed by atoms with Crippen LogP contribution in [0.3, 0.4) is 0 Å². The van der Waals surface area contributed by atoms with Crippen LogP contribution in [0.15, 0.2) is 72.8 Å². The molecule has 0 heterocycles. The number of aromatic carboxylic acids is 3. The molecular formula is C30H21AlO15. The van der Waals surface area contributed by atoms with Gasteiger partial charge in [-0.15, -0.1) is 0 Å². The van der Waals surface area contributed by atoms with Crippen LogP contribution in [0, 0.1) is 0 Å². The van der Waals surface area contributed by atoms with E-state index in [0.717, 1.165) is 20.8 Å². The monoisotopic (exact) mass is 648 g/mol. The second-order valence-corrected chi connectivity index (χ2v) is 8.14. The summed E-state index contributed by atoms with van der Waals surface area (Å²) in [6, 6.07) is 16.0. The zero-order valence-corrected chi connectivity index (χ0v) is 25.3. The molecule has 3 rings (SSSR count). The average molecular weight is 648 g/mol. The molecular weight excluding hydrogens is 627 g/mol. The molecule has 234 valence electrons. The van der Waals surface area contributed by atoms with Crippen LogP contribution >= 0.6 is 0 Å². The Hall–Kier alpha value is -5.98. The van der Waals surface area contributed by atoms with Crippen molar-refractivity contribution in [3.63, 3.8) is 0 Å². The molecule has 0 amide bonds. The van der Waals surface area contributed by atoms with Gasteiger partial charge in [0, 0.05) is 37.5 Å². The summed E-state index contributed by atoms with van der Waals surface area (Å²) in [6.07, 6.45) is 0. The van der Waals surface area contributed by atoms with Gasteiger partial charge in [-0.3, -0.25) is 14.4 Å². The van der Waals surface area contributed by atoms with Crippen LogP contribution in [-0.4, -0.2) is 71.1 Å². The number of carboxylic acids is 3. The summed E-state index contributed by atoms with van der Waals surface area (Å²) in [5.41, 5.74) is -1.51. The minimum Gasteiger partial charge on any atom is -0.545 e. The van der Waals surface area contributed by atoms with Crippen molar-refractivity contribution in [2.24, 2.45) is 0 Å². The van der Waals surface area contributed by atoms with Gasteiger partial charge in [0.2, 0.25) is 0 Å². The Balaban J connectivity index is 0.000000653. The molecule has 16 heteroatoms. The first-order valence-corrected chi connectivity index (χ1v) is 12.2. The van der Waals surface area contributed by atoms with E-state index >= 15 is 0 Å². The minimum absolute atomic E-state index is 0. The molecule has 0 saturated heterocycles. The van der Waals surface area contributed by atoms with Gasteiger partial charge >= 0.3 is 53.2 Å². The Bertz CT molecular complexity index is 1470. The fourth-order valence-electron chi connectivity index (χ4n) is 3.07. The maximum absolute atomic E-state index is 11.2. The molecule has 3 aromatic carbocycles. The summed E-state index contributed by atoms with van der Waals surface area (Å²) in [6.45, 7) is 3.17. The van der Waals surface area contributed by atoms with Crippen LogP contribution in [0.1, 0.15) is 82.9 Å². The van der Waals surface area contributed by atoms with E-state index in [-0.39, 0.29) is 50.7 Å². The number of carbonyl (C=O) groups is 9. The summed E-state index contributed by atoms with van der Waals surface area (Å²) >= 11 is 0. The molecule has 3 aromatic rings. The zero-order chi connectivity index (χ0) is 34.3. The summed E-state index contributed by atoms with van der Waals surface area (Å²) in [5, 5.41) is 31.8. The van der Waals surface area contributed by atoms with E-state index in [9.17, 15) is 58.5 Å². The van der Waals surface area contributed by atoms with Crippen LogP contribution in [0.4, 0.5) is 0 Å². The number of carboxylic acid groups (broad SMARTS) is 3. The number of benzene rings is 3. The number of esters is 6. The second-order valence-electron chi connectivity index (χ2n) is 8.14. The molecule has 0 aliphatic carbocycles. The first kappa shape index (κ1) is 40.0. The second kappa shape index (κ2) is 19.3. The van der Waals surface area contributed by atoms with Crippen molar-refractivity contribution in [3.05, 3.63) is 106 Å². The Morgan fingerprint density at radius 2 is 0.565 bits per heavy atom. The molecule has 0 saturated carbocycles. The van der Waals surface area contributed by atoms with E-state index in [2.05, 4.69) is 14.2 Å². The largest absolute Gasteiger partial charge is 3.00 e. The zero-order valence-electron chi connectivity index (χ0n) is 24.1. The van der Waals surface area contributed by atoms with E-state index in [1.165, 1.54) is 72.8 Å². The number of ether oxygens (including phenoxy) is 3. The van der Waals surface area contributed by atoms with Crippen molar-refractivity contribution in [1.29, 1.82) is 0 Å². The molecule has 0 unspecified atom stereocenters. The third-order valence-corrected chi connectivity index (χ3v) is 4.81. The summed E-state index contributed by atoms with van der Waals surface area (Å²) in [5.74, 6) is -9.87. The molecule has 0 radical (unpaired) electrons. The fraction of sp³-hybridized carbons (Fsp3) is 0.100. The first-order valence-electron chi connectivity index (χ1n) is 12.2. The van der Waals surface area contributed by atoms with Crippen LogP contribution in [-0.2, 0) is 28.6 Å². The van der Waals surface area contributed by atoms with E-state index in [1.54, 1.807) is 0 Å². The molecule has 0 spiro atoms. The van der Waals surface area contributed by atoms with E-state index in [4.69, 9.17) is 0 Å². The van der Waals surface area contributed by atoms with Crippen LogP contribution in [0.25, 0.3) is 0 Å². The van der Waals surface area contributed by atoms with Gasteiger partial charge in [-0.1, -0.05) is 54.6 Å². The summed E-state index contributed by atoms with van der Waals surface area (Å²) in [7, 11) is 0. The van der Waals surface area contributed by atoms with Crippen molar-refractivity contribution < 1.29 is 72.7 Å². The third-order valence-electron chi connectivity index (χ3n) is 4.81. The molecule has 0 bridgehead atoms. The SMILES string of the molecule is CC(=O)OC(=O)c1ccccc1C(=O)[O-].CC(=O)OC(=O)c1ccccc1C(=O)[O-].CC(=O)OC(=O)c1ccccc1C(=O)[O-].[Al+3]. The van der Waals surface area contributed by atoms with Crippen LogP contribution in [0.2, 0.25) is 0 Å². The van der Waals surface area contributed by atoms with Crippen molar-refractivity contribution in [2.75, 3.05) is 0 Å². The smallest absolute Gasteiger partial charge is 0.545 e. The number of hydrogen-bond acceptors (Lipinski definition) is 15. The molecule has 0 fully saturated rings. The van der Waals surface area contributed by atoms with Gasteiger partial charge in [-0.05, 0) is 18.2 Å². The van der Waals surface area contributed by atoms with Crippen molar-refractivity contribution in [2.45, 2.75) is 20.8 Å². The molecule has 0 N–H and O–H groups in total. The first-order chi connectivity index (χ1) is 21.1. The standard InChI is InChI=1S/3C10H8O5.Al/c3*1-6(11)15-10(14)8-5-3-2-4-7(8)9(12)13;/h3*2-5H,1H3,(H,12,13);/q;;;+3/p-3. The van der Waals surface area contributed by atoms with Gasteiger partial charge in [0.1, 0.15) is 0 Å². The van der Waals surface area contributed by atoms with Gasteiger partial charge in [0.05, 0.1) is 34.6 Å². The molecule has 46 heavy (non-hydrogen) atoms. The Kier molecular flexibility index (Phi) is 16.8. The van der Waals surface area contributed by atoms with Gasteiger partial charge in [-0.2, -0.15) is 0 Å². The topological polar surface area (TPSA) is 250 Å². The Labute approximate surface area is 270 Å². The summed E-state index contributed by atoms with van der Waals surface area (Å²) < 4.78 is 12.8. The van der Waals surface area contributed by atoms with Gasteiger partial charge in [0.15, 0.2) is 0 Å². The van der Waals surface area contributed by atoms with Crippen molar-refractivity contribution in [3.8, 4) is 0 Å². The van der Waals surface area contributed by atoms with Gasteiger partial charge in [0.25, 0.3) is 0 Å². The summed E-state index contributed by atoms with van der Waals surface area (Å²) in [4.78, 5) is 97.1. The van der Waals surface area contributed by atoms with Crippen molar-refractivity contribution >= 4 is 71.1 Å². The number of hydrogen-bond donors (Lipinski definition) is 0. The third kappa shape index (κ3) is 13.1. The quantitative estimate of drug-likeness (QED) is 0.133. The number of rotatable bonds is 6. The van der Waals surface area contributed by atoms with Crippen LogP contribution in [0.5, 0.6) is 0 Å². The minimum atomic E-state index is -1.49. The molecule has 0 atom stereocenters. The Morgan fingerprint density at radius 1 is 0.391 bits per heavy atom. The molecule has 15 nitrogen and oxygen atoms in total. The van der Waals surface area contributed by atoms with E-state index in [0.29, 0.717) is 0 Å². The Morgan fingerprint density at radius 3 is 0.717 bits per heavy atom. The maximum Gasteiger partial charge on any atom is 3.00 e. The normalized spacial score (nSPS) is 9.20. The number of carbonyl (C=O) groups excluding carboxylic acids is 9. The van der Waals surface area contributed by atoms with E-state index in [1.807, 2.05) is 0 Å². The van der Waals surface area contributed by atoms with E-state index < -0.39 is 53.7 Å². The molecule has 0 aliphatic heterocycles. The average Bonchev–Trinajstić information content (AvgIpc) is 2.96. The predicted molar refractivity (Wildman–Crippen MR) is 146 cm³/mol.